The van der Waals surface area contributed by atoms with Gasteiger partial charge in [0.2, 0.25) is 0 Å². The lowest BCUT2D eigenvalue weighted by Crippen LogP contribution is -2.15. The van der Waals surface area contributed by atoms with Gasteiger partial charge >= 0.3 is 0 Å². The van der Waals surface area contributed by atoms with Crippen LogP contribution in [0, 0.1) is 18.6 Å². The molecule has 0 unspecified atom stereocenters. The third-order valence-electron chi connectivity index (χ3n) is 2.67. The first-order chi connectivity index (χ1) is 8.51. The maximum atomic E-state index is 13.2. The highest BCUT2D eigenvalue weighted by molar-refractivity contribution is 5.62. The average molecular weight is 250 g/mol. The van der Waals surface area contributed by atoms with E-state index < -0.39 is 11.6 Å². The van der Waals surface area contributed by atoms with Crippen molar-refractivity contribution in [2.75, 3.05) is 0 Å². The summed E-state index contributed by atoms with van der Waals surface area (Å²) in [4.78, 5) is 18.5. The van der Waals surface area contributed by atoms with Crippen LogP contribution in [-0.2, 0) is 6.42 Å². The van der Waals surface area contributed by atoms with E-state index in [2.05, 4.69) is 9.97 Å². The van der Waals surface area contributed by atoms with Crippen LogP contribution >= 0.6 is 0 Å². The molecule has 0 saturated heterocycles. The Balaban J connectivity index is 2.69. The fraction of sp³-hybridized carbons (Fsp3) is 0.231. The van der Waals surface area contributed by atoms with Gasteiger partial charge in [0.15, 0.2) is 0 Å². The summed E-state index contributed by atoms with van der Waals surface area (Å²) in [6.45, 7) is 3.41. The lowest BCUT2D eigenvalue weighted by molar-refractivity contribution is 0.584. The van der Waals surface area contributed by atoms with Gasteiger partial charge in [-0.2, -0.15) is 0 Å². The number of nitrogens with one attached hydrogen (secondary N) is 1. The smallest absolute Gasteiger partial charge is 0.254 e. The van der Waals surface area contributed by atoms with Crippen molar-refractivity contribution in [3.63, 3.8) is 0 Å². The average Bonchev–Trinajstić information content (AvgIpc) is 2.31. The molecule has 1 N–H and O–H groups in total. The van der Waals surface area contributed by atoms with Crippen molar-refractivity contribution in [3.05, 3.63) is 51.6 Å². The molecule has 1 heterocycles. The Morgan fingerprint density at radius 2 is 1.83 bits per heavy atom. The molecule has 0 spiro atoms. The van der Waals surface area contributed by atoms with Crippen LogP contribution < -0.4 is 5.56 Å². The summed E-state index contributed by atoms with van der Waals surface area (Å²) < 4.78 is 26.3. The van der Waals surface area contributed by atoms with Crippen molar-refractivity contribution in [1.29, 1.82) is 0 Å². The molecule has 2 rings (SSSR count). The van der Waals surface area contributed by atoms with Crippen molar-refractivity contribution < 1.29 is 8.78 Å². The highest BCUT2D eigenvalue weighted by atomic mass is 19.1. The number of hydrogen-bond donors (Lipinski definition) is 1. The van der Waals surface area contributed by atoms with Crippen molar-refractivity contribution in [3.8, 4) is 11.3 Å². The second kappa shape index (κ2) is 4.68. The Labute approximate surface area is 103 Å². The molecule has 0 amide bonds. The Morgan fingerprint density at radius 3 is 2.39 bits per heavy atom. The van der Waals surface area contributed by atoms with Gasteiger partial charge in [0.25, 0.3) is 5.56 Å². The van der Waals surface area contributed by atoms with Gasteiger partial charge in [-0.05, 0) is 19.1 Å². The molecule has 0 radical (unpaired) electrons. The van der Waals surface area contributed by atoms with Gasteiger partial charge in [0.05, 0.1) is 5.69 Å². The van der Waals surface area contributed by atoms with Crippen LogP contribution in [0.15, 0.2) is 23.0 Å². The molecular formula is C13H12F2N2O. The molecule has 0 saturated carbocycles. The van der Waals surface area contributed by atoms with Gasteiger partial charge in [0, 0.05) is 23.6 Å². The first-order valence-electron chi connectivity index (χ1n) is 5.57. The van der Waals surface area contributed by atoms with Crippen LogP contribution in [0.5, 0.6) is 0 Å². The molecule has 0 aliphatic heterocycles. The van der Waals surface area contributed by atoms with Crippen molar-refractivity contribution in [2.45, 2.75) is 20.3 Å². The van der Waals surface area contributed by atoms with E-state index in [1.54, 1.807) is 6.92 Å². The zero-order chi connectivity index (χ0) is 13.3. The summed E-state index contributed by atoms with van der Waals surface area (Å²) >= 11 is 0. The minimum absolute atomic E-state index is 0.269. The molecule has 94 valence electrons. The largest absolute Gasteiger partial charge is 0.310 e. The number of halogens is 2. The van der Waals surface area contributed by atoms with Crippen LogP contribution in [0.25, 0.3) is 11.3 Å². The van der Waals surface area contributed by atoms with E-state index in [4.69, 9.17) is 0 Å². The quantitative estimate of drug-likeness (QED) is 0.890. The van der Waals surface area contributed by atoms with Crippen LogP contribution in [0.1, 0.15) is 18.3 Å². The molecule has 1 aromatic carbocycles. The number of rotatable bonds is 2. The standard InChI is InChI=1S/C13H12F2N2O/c1-3-11-16-12(7(2)13(18)17-11)8-4-9(14)6-10(15)5-8/h4-6H,3H2,1-2H3,(H,16,17,18). The number of H-pyrrole nitrogens is 1. The first kappa shape index (κ1) is 12.4. The molecular weight excluding hydrogens is 238 g/mol. The molecule has 0 aliphatic carbocycles. The number of benzene rings is 1. The van der Waals surface area contributed by atoms with Crippen LogP contribution in [-0.4, -0.2) is 9.97 Å². The summed E-state index contributed by atoms with van der Waals surface area (Å²) in [7, 11) is 0. The number of aromatic amines is 1. The highest BCUT2D eigenvalue weighted by Crippen LogP contribution is 2.21. The van der Waals surface area contributed by atoms with E-state index in [0.29, 0.717) is 23.5 Å². The Bertz CT molecular complexity index is 630. The van der Waals surface area contributed by atoms with E-state index in [9.17, 15) is 13.6 Å². The summed E-state index contributed by atoms with van der Waals surface area (Å²) in [6, 6.07) is 3.11. The Kier molecular flexibility index (Phi) is 3.23. The topological polar surface area (TPSA) is 45.8 Å². The minimum Gasteiger partial charge on any atom is -0.310 e. The Hall–Kier alpha value is -2.04. The third-order valence-corrected chi connectivity index (χ3v) is 2.67. The van der Waals surface area contributed by atoms with Crippen molar-refractivity contribution >= 4 is 0 Å². The van der Waals surface area contributed by atoms with Gasteiger partial charge in [-0.3, -0.25) is 4.79 Å². The molecule has 0 aliphatic rings. The first-order valence-corrected chi connectivity index (χ1v) is 5.57. The van der Waals surface area contributed by atoms with E-state index in [1.807, 2.05) is 6.92 Å². The monoisotopic (exact) mass is 250 g/mol. The van der Waals surface area contributed by atoms with Crippen molar-refractivity contribution in [1.82, 2.24) is 9.97 Å². The molecule has 0 bridgehead atoms. The molecule has 0 atom stereocenters. The van der Waals surface area contributed by atoms with Gasteiger partial charge in [-0.1, -0.05) is 6.92 Å². The fourth-order valence-corrected chi connectivity index (χ4v) is 1.72. The molecule has 18 heavy (non-hydrogen) atoms. The second-order valence-corrected chi connectivity index (χ2v) is 4.00. The summed E-state index contributed by atoms with van der Waals surface area (Å²) in [5.41, 5.74) is 0.638. The highest BCUT2D eigenvalue weighted by Gasteiger charge is 2.11. The van der Waals surface area contributed by atoms with E-state index in [0.717, 1.165) is 18.2 Å². The summed E-state index contributed by atoms with van der Waals surface area (Å²) in [5.74, 6) is -0.890. The number of aromatic nitrogens is 2. The van der Waals surface area contributed by atoms with Crippen molar-refractivity contribution in [2.24, 2.45) is 0 Å². The number of aryl methyl sites for hydroxylation is 1. The normalized spacial score (nSPS) is 10.7. The summed E-state index contributed by atoms with van der Waals surface area (Å²) in [6.07, 6.45) is 0.542. The maximum absolute atomic E-state index is 13.2. The van der Waals surface area contributed by atoms with E-state index in [1.165, 1.54) is 0 Å². The SMILES string of the molecule is CCc1nc(-c2cc(F)cc(F)c2)c(C)c(=O)[nH]1. The van der Waals surface area contributed by atoms with Gasteiger partial charge < -0.3 is 4.98 Å². The maximum Gasteiger partial charge on any atom is 0.254 e. The lowest BCUT2D eigenvalue weighted by Gasteiger charge is -2.07. The minimum atomic E-state index is -0.690. The van der Waals surface area contributed by atoms with Gasteiger partial charge in [-0.15, -0.1) is 0 Å². The van der Waals surface area contributed by atoms with Crippen LogP contribution in [0.2, 0.25) is 0 Å². The van der Waals surface area contributed by atoms with E-state index in [-0.39, 0.29) is 11.1 Å². The van der Waals surface area contributed by atoms with Crippen LogP contribution in [0.3, 0.4) is 0 Å². The molecule has 0 fully saturated rings. The zero-order valence-corrected chi connectivity index (χ0v) is 10.1. The molecule has 2 aromatic rings. The molecule has 1 aromatic heterocycles. The van der Waals surface area contributed by atoms with Gasteiger partial charge in [0.1, 0.15) is 17.5 Å². The second-order valence-electron chi connectivity index (χ2n) is 4.00. The fourth-order valence-electron chi connectivity index (χ4n) is 1.72. The van der Waals surface area contributed by atoms with E-state index >= 15 is 0 Å². The van der Waals surface area contributed by atoms with Gasteiger partial charge in [-0.25, -0.2) is 13.8 Å². The molecule has 3 nitrogen and oxygen atoms in total. The predicted octanol–water partition coefficient (Wildman–Crippen LogP) is 2.59. The Morgan fingerprint density at radius 1 is 1.22 bits per heavy atom. The predicted molar refractivity (Wildman–Crippen MR) is 64.3 cm³/mol. The zero-order valence-electron chi connectivity index (χ0n) is 10.1. The number of hydrogen-bond acceptors (Lipinski definition) is 2. The lowest BCUT2D eigenvalue weighted by atomic mass is 10.1. The molecule has 5 heteroatoms. The van der Waals surface area contributed by atoms with Crippen LogP contribution in [0.4, 0.5) is 8.78 Å². The summed E-state index contributed by atoms with van der Waals surface area (Å²) in [5, 5.41) is 0. The third kappa shape index (κ3) is 2.30. The number of nitrogens with zero attached hydrogens (tertiary/aromatic N) is 1.